The molecule has 0 unspecified atom stereocenters. The minimum Gasteiger partial charge on any atom is -0.351 e. The average Bonchev–Trinajstić information content (AvgIpc) is 3.81. The van der Waals surface area contributed by atoms with Gasteiger partial charge in [-0.1, -0.05) is 36.4 Å². The predicted molar refractivity (Wildman–Crippen MR) is 171 cm³/mol. The van der Waals surface area contributed by atoms with Crippen molar-refractivity contribution in [3.63, 3.8) is 0 Å². The van der Waals surface area contributed by atoms with Gasteiger partial charge in [0.25, 0.3) is 5.56 Å². The van der Waals surface area contributed by atoms with E-state index in [2.05, 4.69) is 44.0 Å². The van der Waals surface area contributed by atoms with Crippen LogP contribution >= 0.6 is 0 Å². The van der Waals surface area contributed by atoms with Crippen LogP contribution < -0.4 is 15.6 Å². The molecule has 2 N–H and O–H groups in total. The van der Waals surface area contributed by atoms with Crippen LogP contribution in [0.1, 0.15) is 63.5 Å². The molecule has 2 saturated carbocycles. The Morgan fingerprint density at radius 1 is 1.02 bits per heavy atom. The molecule has 0 bridgehead atoms. The minimum absolute atomic E-state index is 0.0390. The third-order valence-corrected chi connectivity index (χ3v) is 10.6. The molecule has 2 atom stereocenters. The second-order valence-corrected chi connectivity index (χ2v) is 14.3. The quantitative estimate of drug-likeness (QED) is 0.264. The number of anilines is 2. The summed E-state index contributed by atoms with van der Waals surface area (Å²) in [5.74, 6) is -0.467. The van der Waals surface area contributed by atoms with Crippen LogP contribution in [-0.4, -0.2) is 64.3 Å². The summed E-state index contributed by atoms with van der Waals surface area (Å²) in [5, 5.41) is 2.80. The maximum atomic E-state index is 15.3. The zero-order valence-corrected chi connectivity index (χ0v) is 26.2. The summed E-state index contributed by atoms with van der Waals surface area (Å²) in [4.78, 5) is 29.7. The van der Waals surface area contributed by atoms with E-state index in [9.17, 15) is 13.2 Å². The van der Waals surface area contributed by atoms with Gasteiger partial charge in [0.15, 0.2) is 5.65 Å². The monoisotopic (exact) mass is 619 g/mol. The molecule has 2 aromatic carbocycles. The lowest BCUT2D eigenvalue weighted by Gasteiger charge is -2.32. The summed E-state index contributed by atoms with van der Waals surface area (Å²) in [5.41, 5.74) is 1.44. The van der Waals surface area contributed by atoms with Crippen molar-refractivity contribution < 1.29 is 12.8 Å². The van der Waals surface area contributed by atoms with Gasteiger partial charge in [-0.05, 0) is 77.7 Å². The molecule has 0 aliphatic heterocycles. The molecule has 6 rings (SSSR count). The van der Waals surface area contributed by atoms with E-state index in [0.717, 1.165) is 37.3 Å². The van der Waals surface area contributed by atoms with Crippen LogP contribution in [0.2, 0.25) is 0 Å². The Kier molecular flexibility index (Phi) is 8.14. The number of benzene rings is 2. The van der Waals surface area contributed by atoms with Crippen LogP contribution in [0, 0.1) is 5.82 Å². The number of hydrogen-bond donors (Lipinski definition) is 2. The van der Waals surface area contributed by atoms with Crippen LogP contribution in [0.15, 0.2) is 59.5 Å². The van der Waals surface area contributed by atoms with Crippen molar-refractivity contribution >= 4 is 32.8 Å². The second-order valence-electron chi connectivity index (χ2n) is 12.4. The largest absolute Gasteiger partial charge is 0.351 e. The van der Waals surface area contributed by atoms with Crippen molar-refractivity contribution in [1.82, 2.24) is 24.4 Å². The number of sulfonamides is 1. The topological polar surface area (TPSA) is 122 Å². The van der Waals surface area contributed by atoms with Crippen molar-refractivity contribution in [1.29, 1.82) is 0 Å². The van der Waals surface area contributed by atoms with E-state index >= 15 is 4.39 Å². The average molecular weight is 620 g/mol. The molecule has 0 amide bonds. The van der Waals surface area contributed by atoms with E-state index in [1.54, 1.807) is 10.8 Å². The Hall–Kier alpha value is -3.90. The lowest BCUT2D eigenvalue weighted by molar-refractivity contribution is 0.221. The maximum Gasteiger partial charge on any atom is 0.278 e. The molecule has 0 spiro atoms. The molecular formula is C32H38FN7O3S. The first-order valence-electron chi connectivity index (χ1n) is 15.1. The molecule has 2 aliphatic carbocycles. The number of nitrogens with zero attached hydrogens (tertiary/aromatic N) is 5. The third kappa shape index (κ3) is 6.05. The van der Waals surface area contributed by atoms with Gasteiger partial charge < -0.3 is 10.2 Å². The zero-order chi connectivity index (χ0) is 31.2. The Morgan fingerprint density at radius 2 is 1.75 bits per heavy atom. The van der Waals surface area contributed by atoms with E-state index in [4.69, 9.17) is 0 Å². The van der Waals surface area contributed by atoms with E-state index in [1.165, 1.54) is 12.1 Å². The molecule has 232 valence electrons. The molecule has 2 heterocycles. The SMILES string of the molecule is CC(C)n1c(=O)c(-c2ccc(NS(=O)(=O)[C@@H]3C[C@@H]3c3ccccc3)c(F)c2)nc2cnc(NC3CCC(N(C)C)CC3)nc21. The van der Waals surface area contributed by atoms with Gasteiger partial charge in [-0.3, -0.25) is 14.1 Å². The molecule has 4 aromatic rings. The van der Waals surface area contributed by atoms with Crippen LogP contribution in [0.25, 0.3) is 22.4 Å². The predicted octanol–water partition coefficient (Wildman–Crippen LogP) is 5.16. The normalized spacial score (nSPS) is 22.0. The summed E-state index contributed by atoms with van der Waals surface area (Å²) < 4.78 is 45.3. The highest BCUT2D eigenvalue weighted by atomic mass is 32.2. The summed E-state index contributed by atoms with van der Waals surface area (Å²) in [6.45, 7) is 3.75. The summed E-state index contributed by atoms with van der Waals surface area (Å²) in [7, 11) is 0.407. The fourth-order valence-electron chi connectivity index (χ4n) is 6.20. The Bertz CT molecular complexity index is 1840. The highest BCUT2D eigenvalue weighted by molar-refractivity contribution is 7.93. The molecule has 0 radical (unpaired) electrons. The van der Waals surface area contributed by atoms with Crippen molar-refractivity contribution in [2.24, 2.45) is 0 Å². The lowest BCUT2D eigenvalue weighted by Crippen LogP contribution is -2.36. The van der Waals surface area contributed by atoms with Gasteiger partial charge in [0, 0.05) is 29.6 Å². The van der Waals surface area contributed by atoms with Gasteiger partial charge in [-0.2, -0.15) is 4.98 Å². The second kappa shape index (κ2) is 11.9. The van der Waals surface area contributed by atoms with Crippen LogP contribution in [-0.2, 0) is 10.0 Å². The summed E-state index contributed by atoms with van der Waals surface area (Å²) >= 11 is 0. The Morgan fingerprint density at radius 3 is 2.41 bits per heavy atom. The van der Waals surface area contributed by atoms with Gasteiger partial charge in [-0.25, -0.2) is 22.8 Å². The fraction of sp³-hybridized carbons (Fsp3) is 0.438. The third-order valence-electron chi connectivity index (χ3n) is 8.76. The van der Waals surface area contributed by atoms with E-state index in [1.807, 2.05) is 44.2 Å². The number of aromatic nitrogens is 4. The van der Waals surface area contributed by atoms with Crippen molar-refractivity contribution in [3.8, 4) is 11.3 Å². The number of nitrogens with one attached hydrogen (secondary N) is 2. The van der Waals surface area contributed by atoms with Gasteiger partial charge in [-0.15, -0.1) is 0 Å². The standard InChI is InChI=1S/C32H38FN7O3S/c1-19(2)40-30-27(18-34-32(37-30)35-22-11-13-23(14-12-22)39(3)4)36-29(31(40)41)21-10-15-26(25(33)16-21)38-44(42,43)28-17-24(28)20-8-6-5-7-9-20/h5-10,15-16,18-19,22-24,28,38H,11-14,17H2,1-4H3,(H,34,35,37)/t22?,23?,24-,28-/m1/s1. The molecule has 10 nitrogen and oxygen atoms in total. The lowest BCUT2D eigenvalue weighted by atomic mass is 9.91. The van der Waals surface area contributed by atoms with Crippen LogP contribution in [0.3, 0.4) is 0 Å². The molecule has 2 fully saturated rings. The number of rotatable bonds is 9. The molecule has 2 aliphatic rings. The number of fused-ring (bicyclic) bond motifs is 1. The van der Waals surface area contributed by atoms with E-state index in [0.29, 0.717) is 29.6 Å². The summed E-state index contributed by atoms with van der Waals surface area (Å²) in [6, 6.07) is 14.0. The molecule has 44 heavy (non-hydrogen) atoms. The smallest absolute Gasteiger partial charge is 0.278 e. The highest BCUT2D eigenvalue weighted by Crippen LogP contribution is 2.46. The zero-order valence-electron chi connectivity index (χ0n) is 25.4. The van der Waals surface area contributed by atoms with Gasteiger partial charge in [0.2, 0.25) is 16.0 Å². The number of hydrogen-bond acceptors (Lipinski definition) is 8. The first kappa shape index (κ1) is 30.1. The fourth-order valence-corrected chi connectivity index (χ4v) is 7.87. The van der Waals surface area contributed by atoms with E-state index in [-0.39, 0.29) is 34.9 Å². The van der Waals surface area contributed by atoms with Crippen LogP contribution in [0.5, 0.6) is 0 Å². The van der Waals surface area contributed by atoms with Crippen molar-refractivity contribution in [2.75, 3.05) is 24.1 Å². The van der Waals surface area contributed by atoms with Crippen molar-refractivity contribution in [2.45, 2.75) is 75.2 Å². The molecule has 12 heteroatoms. The van der Waals surface area contributed by atoms with Gasteiger partial charge >= 0.3 is 0 Å². The van der Waals surface area contributed by atoms with Crippen LogP contribution in [0.4, 0.5) is 16.0 Å². The highest BCUT2D eigenvalue weighted by Gasteiger charge is 2.48. The minimum atomic E-state index is -3.81. The van der Waals surface area contributed by atoms with E-state index < -0.39 is 26.6 Å². The van der Waals surface area contributed by atoms with Gasteiger partial charge in [0.1, 0.15) is 17.0 Å². The van der Waals surface area contributed by atoms with Crippen molar-refractivity contribution in [3.05, 3.63) is 76.5 Å². The molecule has 0 saturated heterocycles. The molecular weight excluding hydrogens is 581 g/mol. The number of halogens is 1. The Balaban J connectivity index is 1.24. The first-order chi connectivity index (χ1) is 21.0. The Labute approximate surface area is 256 Å². The molecule has 2 aromatic heterocycles. The van der Waals surface area contributed by atoms with Gasteiger partial charge in [0.05, 0.1) is 17.1 Å². The first-order valence-corrected chi connectivity index (χ1v) is 16.6. The maximum absolute atomic E-state index is 15.3. The summed E-state index contributed by atoms with van der Waals surface area (Å²) in [6.07, 6.45) is 6.24.